The van der Waals surface area contributed by atoms with Crippen molar-refractivity contribution in [3.63, 3.8) is 0 Å². The molecule has 4 nitrogen and oxygen atoms in total. The van der Waals surface area contributed by atoms with Crippen molar-refractivity contribution in [1.82, 2.24) is 15.0 Å². The minimum atomic E-state index is 0.687. The lowest BCUT2D eigenvalue weighted by molar-refractivity contribution is -0.107. The summed E-state index contributed by atoms with van der Waals surface area (Å²) in [5.41, 5.74) is 3.38. The number of benzene rings is 1. The Morgan fingerprint density at radius 3 is 2.91 bits per heavy atom. The fourth-order valence-corrected chi connectivity index (χ4v) is 2.73. The van der Waals surface area contributed by atoms with Crippen LogP contribution in [0.4, 0.5) is 0 Å². The number of carbonyl (C=O) groups is 1. The van der Waals surface area contributed by atoms with Gasteiger partial charge in [-0.05, 0) is 31.0 Å². The SMILES string of the molecule is O=CCCCCCCc1ncc(-c2ccc3[nH]ccc3c2)[nH]1. The number of hydrogen-bond donors (Lipinski definition) is 2. The van der Waals surface area contributed by atoms with Gasteiger partial charge in [-0.2, -0.15) is 0 Å². The van der Waals surface area contributed by atoms with Crippen molar-refractivity contribution in [3.05, 3.63) is 42.5 Å². The number of imidazole rings is 1. The molecule has 0 aliphatic rings. The van der Waals surface area contributed by atoms with Crippen molar-refractivity contribution >= 4 is 17.2 Å². The van der Waals surface area contributed by atoms with E-state index in [2.05, 4.69) is 39.2 Å². The summed E-state index contributed by atoms with van der Waals surface area (Å²) in [6.45, 7) is 0. The molecule has 2 heterocycles. The van der Waals surface area contributed by atoms with E-state index in [9.17, 15) is 4.79 Å². The first kappa shape index (κ1) is 14.6. The number of hydrogen-bond acceptors (Lipinski definition) is 2. The van der Waals surface area contributed by atoms with Gasteiger partial charge in [-0.1, -0.05) is 18.9 Å². The lowest BCUT2D eigenvalue weighted by atomic mass is 10.1. The molecule has 0 saturated carbocycles. The quantitative estimate of drug-likeness (QED) is 0.482. The molecule has 0 fully saturated rings. The maximum Gasteiger partial charge on any atom is 0.119 e. The number of aldehydes is 1. The van der Waals surface area contributed by atoms with Gasteiger partial charge in [0.2, 0.25) is 0 Å². The van der Waals surface area contributed by atoms with E-state index < -0.39 is 0 Å². The number of nitrogens with one attached hydrogen (secondary N) is 2. The molecule has 0 aliphatic carbocycles. The fourth-order valence-electron chi connectivity index (χ4n) is 2.73. The number of H-pyrrole nitrogens is 2. The monoisotopic (exact) mass is 295 g/mol. The third-order valence-corrected chi connectivity index (χ3v) is 3.98. The van der Waals surface area contributed by atoms with Crippen molar-refractivity contribution < 1.29 is 4.79 Å². The zero-order valence-electron chi connectivity index (χ0n) is 12.6. The van der Waals surface area contributed by atoms with Gasteiger partial charge in [0.05, 0.1) is 11.9 Å². The highest BCUT2D eigenvalue weighted by Gasteiger charge is 2.05. The van der Waals surface area contributed by atoms with Gasteiger partial charge in [-0.25, -0.2) is 4.98 Å². The molecule has 0 amide bonds. The molecular weight excluding hydrogens is 274 g/mol. The van der Waals surface area contributed by atoms with Crippen molar-refractivity contribution in [2.75, 3.05) is 0 Å². The summed E-state index contributed by atoms with van der Waals surface area (Å²) in [6.07, 6.45) is 10.9. The molecule has 0 atom stereocenters. The van der Waals surface area contributed by atoms with Crippen molar-refractivity contribution in [1.29, 1.82) is 0 Å². The van der Waals surface area contributed by atoms with Crippen LogP contribution < -0.4 is 0 Å². The Morgan fingerprint density at radius 2 is 2.00 bits per heavy atom. The summed E-state index contributed by atoms with van der Waals surface area (Å²) in [5, 5.41) is 1.21. The average Bonchev–Trinajstić information content (AvgIpc) is 3.18. The van der Waals surface area contributed by atoms with Crippen LogP contribution in [-0.4, -0.2) is 21.2 Å². The Kier molecular flexibility index (Phi) is 4.68. The lowest BCUT2D eigenvalue weighted by Gasteiger charge is -1.99. The molecule has 0 unspecified atom stereocenters. The lowest BCUT2D eigenvalue weighted by Crippen LogP contribution is -1.89. The smallest absolute Gasteiger partial charge is 0.119 e. The van der Waals surface area contributed by atoms with E-state index in [1.54, 1.807) is 0 Å². The van der Waals surface area contributed by atoms with Gasteiger partial charge >= 0.3 is 0 Å². The van der Waals surface area contributed by atoms with Crippen LogP contribution in [0.1, 0.15) is 37.9 Å². The molecule has 4 heteroatoms. The Balaban J connectivity index is 1.57. The predicted octanol–water partition coefficient (Wildman–Crippen LogP) is 4.25. The first-order chi connectivity index (χ1) is 10.9. The minimum absolute atomic E-state index is 0.687. The molecule has 0 bridgehead atoms. The number of fused-ring (bicyclic) bond motifs is 1. The number of aromatic nitrogens is 3. The Hall–Kier alpha value is -2.36. The van der Waals surface area contributed by atoms with E-state index >= 15 is 0 Å². The van der Waals surface area contributed by atoms with Crippen molar-refractivity contribution in [2.45, 2.75) is 38.5 Å². The highest BCUT2D eigenvalue weighted by Crippen LogP contribution is 2.22. The van der Waals surface area contributed by atoms with Crippen LogP contribution in [0.5, 0.6) is 0 Å². The van der Waals surface area contributed by atoms with Crippen LogP contribution in [0.15, 0.2) is 36.7 Å². The average molecular weight is 295 g/mol. The zero-order valence-corrected chi connectivity index (χ0v) is 12.6. The highest BCUT2D eigenvalue weighted by atomic mass is 16.1. The van der Waals surface area contributed by atoms with E-state index in [4.69, 9.17) is 0 Å². The molecule has 1 aromatic carbocycles. The van der Waals surface area contributed by atoms with Gasteiger partial charge in [0, 0.05) is 35.5 Å². The predicted molar refractivity (Wildman–Crippen MR) is 88.7 cm³/mol. The third-order valence-electron chi connectivity index (χ3n) is 3.98. The van der Waals surface area contributed by atoms with Crippen LogP contribution in [0.3, 0.4) is 0 Å². The molecule has 0 radical (unpaired) electrons. The Labute approximate surface area is 130 Å². The second kappa shape index (κ2) is 7.07. The molecular formula is C18H21N3O. The first-order valence-electron chi connectivity index (χ1n) is 7.92. The number of nitrogens with zero attached hydrogens (tertiary/aromatic N) is 1. The van der Waals surface area contributed by atoms with Crippen LogP contribution in [0, 0.1) is 0 Å². The van der Waals surface area contributed by atoms with Crippen molar-refractivity contribution in [3.8, 4) is 11.3 Å². The van der Waals surface area contributed by atoms with E-state index in [1.807, 2.05) is 12.4 Å². The zero-order chi connectivity index (χ0) is 15.2. The molecule has 3 aromatic rings. The van der Waals surface area contributed by atoms with Gasteiger partial charge in [0.25, 0.3) is 0 Å². The Morgan fingerprint density at radius 1 is 1.09 bits per heavy atom. The summed E-state index contributed by atoms with van der Waals surface area (Å²) in [6, 6.07) is 8.45. The summed E-state index contributed by atoms with van der Waals surface area (Å²) < 4.78 is 0. The largest absolute Gasteiger partial charge is 0.361 e. The van der Waals surface area contributed by atoms with Crippen LogP contribution >= 0.6 is 0 Å². The number of rotatable bonds is 8. The molecule has 2 N–H and O–H groups in total. The third kappa shape index (κ3) is 3.45. The number of aryl methyl sites for hydroxylation is 1. The standard InChI is InChI=1S/C18H21N3O/c22-11-5-3-1-2-4-6-18-20-13-17(21-18)14-7-8-16-15(12-14)9-10-19-16/h7-13,19H,1-6H2,(H,20,21). The van der Waals surface area contributed by atoms with Crippen LogP contribution in [0.25, 0.3) is 22.2 Å². The number of carbonyl (C=O) groups excluding carboxylic acids is 1. The molecule has 2 aromatic heterocycles. The number of unbranched alkanes of at least 4 members (excludes halogenated alkanes) is 4. The van der Waals surface area contributed by atoms with Gasteiger partial charge in [0.1, 0.15) is 12.1 Å². The summed E-state index contributed by atoms with van der Waals surface area (Å²) in [5.74, 6) is 1.04. The normalized spacial score (nSPS) is 11.1. The van der Waals surface area contributed by atoms with Gasteiger partial charge < -0.3 is 14.8 Å². The summed E-state index contributed by atoms with van der Waals surface area (Å²) in [7, 11) is 0. The molecule has 0 spiro atoms. The molecule has 22 heavy (non-hydrogen) atoms. The van der Waals surface area contributed by atoms with Crippen LogP contribution in [0.2, 0.25) is 0 Å². The number of aromatic amines is 2. The van der Waals surface area contributed by atoms with E-state index in [0.717, 1.165) is 61.0 Å². The second-order valence-electron chi connectivity index (χ2n) is 5.64. The van der Waals surface area contributed by atoms with Gasteiger partial charge in [-0.15, -0.1) is 0 Å². The first-order valence-corrected chi connectivity index (χ1v) is 7.92. The molecule has 114 valence electrons. The minimum Gasteiger partial charge on any atom is -0.361 e. The highest BCUT2D eigenvalue weighted by molar-refractivity contribution is 5.84. The summed E-state index contributed by atoms with van der Waals surface area (Å²) in [4.78, 5) is 21.3. The molecule has 0 aliphatic heterocycles. The molecule has 0 saturated heterocycles. The van der Waals surface area contributed by atoms with E-state index in [0.29, 0.717) is 6.42 Å². The topological polar surface area (TPSA) is 61.5 Å². The van der Waals surface area contributed by atoms with E-state index in [1.165, 1.54) is 5.39 Å². The van der Waals surface area contributed by atoms with Gasteiger partial charge in [0.15, 0.2) is 0 Å². The second-order valence-corrected chi connectivity index (χ2v) is 5.64. The molecule has 3 rings (SSSR count). The van der Waals surface area contributed by atoms with Crippen molar-refractivity contribution in [2.24, 2.45) is 0 Å². The van der Waals surface area contributed by atoms with E-state index in [-0.39, 0.29) is 0 Å². The maximum absolute atomic E-state index is 10.2. The fraction of sp³-hybridized carbons (Fsp3) is 0.333. The maximum atomic E-state index is 10.2. The summed E-state index contributed by atoms with van der Waals surface area (Å²) >= 11 is 0. The Bertz CT molecular complexity index is 741. The van der Waals surface area contributed by atoms with Crippen LogP contribution in [-0.2, 0) is 11.2 Å². The van der Waals surface area contributed by atoms with Gasteiger partial charge in [-0.3, -0.25) is 0 Å².